The first-order valence-corrected chi connectivity index (χ1v) is 9.21. The predicted molar refractivity (Wildman–Crippen MR) is 103 cm³/mol. The van der Waals surface area contributed by atoms with Crippen molar-refractivity contribution in [3.05, 3.63) is 67.2 Å². The highest BCUT2D eigenvalue weighted by molar-refractivity contribution is 14.1. The van der Waals surface area contributed by atoms with Crippen LogP contribution in [-0.2, 0) is 6.42 Å². The van der Waals surface area contributed by atoms with Gasteiger partial charge in [-0.25, -0.2) is 0 Å². The molecule has 3 heteroatoms. The highest BCUT2D eigenvalue weighted by Gasteiger charge is 2.15. The van der Waals surface area contributed by atoms with Crippen molar-refractivity contribution < 1.29 is 0 Å². The Labute approximate surface area is 149 Å². The molecule has 1 atom stereocenters. The second-order valence-electron chi connectivity index (χ2n) is 5.32. The Morgan fingerprint density at radius 1 is 1.14 bits per heavy atom. The fraction of sp³-hybridized carbons (Fsp3) is 0.333. The molecule has 2 aromatic rings. The number of halogens is 2. The van der Waals surface area contributed by atoms with Gasteiger partial charge < -0.3 is 5.32 Å². The minimum atomic E-state index is 0.373. The van der Waals surface area contributed by atoms with E-state index in [-0.39, 0.29) is 0 Å². The van der Waals surface area contributed by atoms with E-state index in [1.165, 1.54) is 20.3 Å². The summed E-state index contributed by atoms with van der Waals surface area (Å²) < 4.78 is 2.51. The van der Waals surface area contributed by atoms with Crippen molar-refractivity contribution >= 4 is 38.5 Å². The molecule has 0 amide bonds. The number of nitrogens with one attached hydrogen (secondary N) is 1. The van der Waals surface area contributed by atoms with Crippen molar-refractivity contribution in [3.63, 3.8) is 0 Å². The first-order chi connectivity index (χ1) is 10.1. The molecule has 0 fully saturated rings. The lowest BCUT2D eigenvalue weighted by molar-refractivity contribution is 0.527. The summed E-state index contributed by atoms with van der Waals surface area (Å²) in [5.41, 5.74) is 4.13. The Kier molecular flexibility index (Phi) is 6.71. The van der Waals surface area contributed by atoms with Crippen molar-refractivity contribution in [1.29, 1.82) is 0 Å². The minimum Gasteiger partial charge on any atom is -0.310 e. The molecule has 0 aromatic heterocycles. The maximum Gasteiger partial charge on any atom is 0.0371 e. The Balaban J connectivity index is 2.25. The number of hydrogen-bond donors (Lipinski definition) is 1. The van der Waals surface area contributed by atoms with Gasteiger partial charge in [0.1, 0.15) is 0 Å². The lowest BCUT2D eigenvalue weighted by Gasteiger charge is -2.21. The second-order valence-corrected chi connectivity index (χ2v) is 7.31. The molecule has 0 heterocycles. The molecule has 112 valence electrons. The van der Waals surface area contributed by atoms with Crippen LogP contribution >= 0.6 is 38.5 Å². The van der Waals surface area contributed by atoms with Gasteiger partial charge in [-0.1, -0.05) is 53.2 Å². The van der Waals surface area contributed by atoms with Crippen molar-refractivity contribution in [3.8, 4) is 0 Å². The molecule has 1 nitrogen and oxygen atoms in total. The fourth-order valence-electron chi connectivity index (χ4n) is 2.41. The van der Waals surface area contributed by atoms with E-state index in [0.717, 1.165) is 23.9 Å². The Morgan fingerprint density at radius 2 is 1.86 bits per heavy atom. The van der Waals surface area contributed by atoms with E-state index < -0.39 is 0 Å². The van der Waals surface area contributed by atoms with Gasteiger partial charge in [0.15, 0.2) is 0 Å². The third kappa shape index (κ3) is 4.80. The van der Waals surface area contributed by atoms with Crippen LogP contribution in [0.4, 0.5) is 0 Å². The fourth-order valence-corrected chi connectivity index (χ4v) is 3.41. The third-order valence-electron chi connectivity index (χ3n) is 3.59. The van der Waals surface area contributed by atoms with Crippen molar-refractivity contribution in [2.75, 3.05) is 6.54 Å². The normalized spacial score (nSPS) is 12.4. The van der Waals surface area contributed by atoms with Crippen LogP contribution in [0.25, 0.3) is 0 Å². The molecule has 0 aliphatic heterocycles. The van der Waals surface area contributed by atoms with Gasteiger partial charge in [-0.15, -0.1) is 0 Å². The highest BCUT2D eigenvalue weighted by atomic mass is 127. The summed E-state index contributed by atoms with van der Waals surface area (Å²) in [6, 6.07) is 15.6. The number of benzene rings is 2. The molecule has 2 rings (SSSR count). The summed E-state index contributed by atoms with van der Waals surface area (Å²) in [4.78, 5) is 0. The monoisotopic (exact) mass is 457 g/mol. The van der Waals surface area contributed by atoms with Crippen molar-refractivity contribution in [2.24, 2.45) is 0 Å². The summed E-state index contributed by atoms with van der Waals surface area (Å²) in [6.45, 7) is 5.44. The molecule has 0 saturated carbocycles. The average Bonchev–Trinajstić information content (AvgIpc) is 2.48. The van der Waals surface area contributed by atoms with Crippen LogP contribution in [-0.4, -0.2) is 6.54 Å². The van der Waals surface area contributed by atoms with Gasteiger partial charge in [0.05, 0.1) is 0 Å². The van der Waals surface area contributed by atoms with Gasteiger partial charge in [-0.3, -0.25) is 0 Å². The summed E-state index contributed by atoms with van der Waals surface area (Å²) in [5, 5.41) is 3.70. The molecule has 0 spiro atoms. The largest absolute Gasteiger partial charge is 0.310 e. The number of hydrogen-bond acceptors (Lipinski definition) is 1. The van der Waals surface area contributed by atoms with Crippen LogP contribution in [0.5, 0.6) is 0 Å². The van der Waals surface area contributed by atoms with E-state index in [0.29, 0.717) is 6.04 Å². The van der Waals surface area contributed by atoms with Crippen LogP contribution < -0.4 is 5.32 Å². The van der Waals surface area contributed by atoms with Gasteiger partial charge >= 0.3 is 0 Å². The summed E-state index contributed by atoms with van der Waals surface area (Å²) in [7, 11) is 0. The van der Waals surface area contributed by atoms with Crippen LogP contribution in [0.3, 0.4) is 0 Å². The van der Waals surface area contributed by atoms with Crippen LogP contribution in [0.15, 0.2) is 46.9 Å². The lowest BCUT2D eigenvalue weighted by Crippen LogP contribution is -2.25. The zero-order valence-corrected chi connectivity index (χ0v) is 16.2. The van der Waals surface area contributed by atoms with Crippen LogP contribution in [0.1, 0.15) is 36.1 Å². The zero-order valence-electron chi connectivity index (χ0n) is 12.5. The van der Waals surface area contributed by atoms with E-state index in [1.807, 2.05) is 0 Å². The van der Waals surface area contributed by atoms with Gasteiger partial charge in [-0.05, 0) is 77.7 Å². The number of aryl methyl sites for hydroxylation is 1. The molecular formula is C18H21BrIN. The first-order valence-electron chi connectivity index (χ1n) is 7.34. The van der Waals surface area contributed by atoms with E-state index in [4.69, 9.17) is 0 Å². The minimum absolute atomic E-state index is 0.373. The SMILES string of the molecule is CCCNC(Cc1ccc(Br)cc1)c1cccc(C)c1I. The van der Waals surface area contributed by atoms with E-state index in [1.54, 1.807) is 0 Å². The topological polar surface area (TPSA) is 12.0 Å². The summed E-state index contributed by atoms with van der Waals surface area (Å²) in [5.74, 6) is 0. The standard InChI is InChI=1S/C18H21BrIN/c1-3-11-21-17(12-14-7-9-15(19)10-8-14)16-6-4-5-13(2)18(16)20/h4-10,17,21H,3,11-12H2,1-2H3. The molecule has 0 aliphatic rings. The van der Waals surface area contributed by atoms with Gasteiger partial charge in [0, 0.05) is 14.1 Å². The van der Waals surface area contributed by atoms with Gasteiger partial charge in [0.2, 0.25) is 0 Å². The van der Waals surface area contributed by atoms with E-state index in [2.05, 4.69) is 100 Å². The molecule has 2 aromatic carbocycles. The maximum atomic E-state index is 3.70. The molecule has 0 saturated heterocycles. The highest BCUT2D eigenvalue weighted by Crippen LogP contribution is 2.26. The molecule has 0 bridgehead atoms. The summed E-state index contributed by atoms with van der Waals surface area (Å²) in [6.07, 6.45) is 2.17. The van der Waals surface area contributed by atoms with Crippen molar-refractivity contribution in [1.82, 2.24) is 5.32 Å². The maximum absolute atomic E-state index is 3.70. The lowest BCUT2D eigenvalue weighted by atomic mass is 9.97. The average molecular weight is 458 g/mol. The Bertz CT molecular complexity index is 580. The number of rotatable bonds is 6. The molecule has 1 unspecified atom stereocenters. The molecule has 0 aliphatic carbocycles. The quantitative estimate of drug-likeness (QED) is 0.553. The first kappa shape index (κ1) is 17.0. The summed E-state index contributed by atoms with van der Waals surface area (Å²) >= 11 is 5.98. The van der Waals surface area contributed by atoms with Gasteiger partial charge in [-0.2, -0.15) is 0 Å². The molecular weight excluding hydrogens is 437 g/mol. The Hall–Kier alpha value is -0.390. The third-order valence-corrected chi connectivity index (χ3v) is 5.59. The molecule has 0 radical (unpaired) electrons. The zero-order chi connectivity index (χ0) is 15.2. The van der Waals surface area contributed by atoms with E-state index >= 15 is 0 Å². The van der Waals surface area contributed by atoms with Crippen molar-refractivity contribution in [2.45, 2.75) is 32.7 Å². The second kappa shape index (κ2) is 8.30. The predicted octanol–water partition coefficient (Wildman–Crippen LogP) is 5.65. The van der Waals surface area contributed by atoms with E-state index in [9.17, 15) is 0 Å². The molecule has 21 heavy (non-hydrogen) atoms. The van der Waals surface area contributed by atoms with Crippen LogP contribution in [0.2, 0.25) is 0 Å². The van der Waals surface area contributed by atoms with Crippen LogP contribution in [0, 0.1) is 10.5 Å². The van der Waals surface area contributed by atoms with Gasteiger partial charge in [0.25, 0.3) is 0 Å². The molecule has 1 N–H and O–H groups in total. The smallest absolute Gasteiger partial charge is 0.0371 e. The Morgan fingerprint density at radius 3 is 2.52 bits per heavy atom.